The first-order valence-electron chi connectivity index (χ1n) is 3.64. The molecule has 14 heavy (non-hydrogen) atoms. The van der Waals surface area contributed by atoms with E-state index in [-0.39, 0.29) is 24.8 Å². The Morgan fingerprint density at radius 1 is 1.21 bits per heavy atom. The van der Waals surface area contributed by atoms with Crippen LogP contribution in [0.15, 0.2) is 30.7 Å². The predicted octanol–water partition coefficient (Wildman–Crippen LogP) is 2.48. The Morgan fingerprint density at radius 3 is 2.71 bits per heavy atom. The highest BCUT2D eigenvalue weighted by molar-refractivity contribution is 5.85. The van der Waals surface area contributed by atoms with E-state index in [1.54, 1.807) is 13.3 Å². The van der Waals surface area contributed by atoms with E-state index in [1.807, 2.05) is 18.2 Å². The zero-order chi connectivity index (χ0) is 8.39. The van der Waals surface area contributed by atoms with E-state index in [2.05, 4.69) is 9.97 Å². The highest BCUT2D eigenvalue weighted by Gasteiger charge is 1.95. The molecule has 0 saturated carbocycles. The summed E-state index contributed by atoms with van der Waals surface area (Å²) in [4.78, 5) is 8.01. The van der Waals surface area contributed by atoms with Crippen LogP contribution in [0.3, 0.4) is 0 Å². The molecule has 0 N–H and O–H groups in total. The van der Waals surface area contributed by atoms with E-state index < -0.39 is 0 Å². The summed E-state index contributed by atoms with van der Waals surface area (Å²) in [7, 11) is 1.64. The van der Waals surface area contributed by atoms with E-state index >= 15 is 0 Å². The van der Waals surface area contributed by atoms with Crippen LogP contribution in [0.5, 0.6) is 5.75 Å². The number of halogens is 2. The molecule has 0 aliphatic rings. The second kappa shape index (κ2) is 5.62. The molecule has 0 unspecified atom stereocenters. The molecule has 76 valence electrons. The topological polar surface area (TPSA) is 35.0 Å². The van der Waals surface area contributed by atoms with Gasteiger partial charge in [-0.15, -0.1) is 24.8 Å². The highest BCUT2D eigenvalue weighted by Crippen LogP contribution is 2.17. The summed E-state index contributed by atoms with van der Waals surface area (Å²) in [6.07, 6.45) is 3.31. The molecule has 0 fully saturated rings. The van der Waals surface area contributed by atoms with Gasteiger partial charge in [0.1, 0.15) is 12.1 Å². The SMILES string of the molecule is COc1ccc2ncncc2c1.Cl.Cl. The molecule has 0 atom stereocenters. The van der Waals surface area contributed by atoms with Crippen molar-refractivity contribution < 1.29 is 4.74 Å². The van der Waals surface area contributed by atoms with Crippen molar-refractivity contribution in [2.75, 3.05) is 7.11 Å². The smallest absolute Gasteiger partial charge is 0.119 e. The number of hydrogen-bond donors (Lipinski definition) is 0. The molecular weight excluding hydrogens is 223 g/mol. The van der Waals surface area contributed by atoms with Gasteiger partial charge in [0.05, 0.1) is 12.6 Å². The van der Waals surface area contributed by atoms with Gasteiger partial charge in [0, 0.05) is 11.6 Å². The third-order valence-electron chi connectivity index (χ3n) is 1.71. The quantitative estimate of drug-likeness (QED) is 0.758. The first-order chi connectivity index (χ1) is 5.90. The molecule has 3 nitrogen and oxygen atoms in total. The van der Waals surface area contributed by atoms with Crippen LogP contribution in [0.4, 0.5) is 0 Å². The van der Waals surface area contributed by atoms with E-state index in [4.69, 9.17) is 4.74 Å². The van der Waals surface area contributed by atoms with Gasteiger partial charge in [-0.1, -0.05) is 0 Å². The number of hydrogen-bond acceptors (Lipinski definition) is 3. The van der Waals surface area contributed by atoms with Crippen LogP contribution >= 0.6 is 24.8 Å². The molecule has 0 aliphatic carbocycles. The van der Waals surface area contributed by atoms with Crippen molar-refractivity contribution in [3.05, 3.63) is 30.7 Å². The van der Waals surface area contributed by atoms with Crippen LogP contribution < -0.4 is 4.74 Å². The van der Waals surface area contributed by atoms with Gasteiger partial charge >= 0.3 is 0 Å². The fourth-order valence-corrected chi connectivity index (χ4v) is 1.09. The van der Waals surface area contributed by atoms with Crippen LogP contribution in [0.2, 0.25) is 0 Å². The van der Waals surface area contributed by atoms with Crippen molar-refractivity contribution in [2.45, 2.75) is 0 Å². The van der Waals surface area contributed by atoms with Crippen LogP contribution in [0.25, 0.3) is 10.9 Å². The van der Waals surface area contributed by atoms with E-state index in [0.717, 1.165) is 16.7 Å². The van der Waals surface area contributed by atoms with Gasteiger partial charge in [-0.3, -0.25) is 0 Å². The number of ether oxygens (including phenoxy) is 1. The van der Waals surface area contributed by atoms with Crippen LogP contribution in [-0.4, -0.2) is 17.1 Å². The van der Waals surface area contributed by atoms with Crippen molar-refractivity contribution in [1.82, 2.24) is 9.97 Å². The van der Waals surface area contributed by atoms with Gasteiger partial charge < -0.3 is 4.74 Å². The molecule has 0 amide bonds. The van der Waals surface area contributed by atoms with Crippen LogP contribution in [-0.2, 0) is 0 Å². The normalized spacial score (nSPS) is 8.64. The van der Waals surface area contributed by atoms with Crippen LogP contribution in [0, 0.1) is 0 Å². The fourth-order valence-electron chi connectivity index (χ4n) is 1.09. The maximum atomic E-state index is 5.07. The zero-order valence-corrected chi connectivity index (χ0v) is 9.14. The Hall–Kier alpha value is -1.06. The Labute approximate surface area is 94.3 Å². The summed E-state index contributed by atoms with van der Waals surface area (Å²) in [6.45, 7) is 0. The number of methoxy groups -OCH3 is 1. The minimum absolute atomic E-state index is 0. The van der Waals surface area contributed by atoms with Crippen molar-refractivity contribution in [1.29, 1.82) is 0 Å². The molecule has 1 aromatic heterocycles. The average molecular weight is 233 g/mol. The van der Waals surface area contributed by atoms with E-state index in [1.165, 1.54) is 6.33 Å². The van der Waals surface area contributed by atoms with Crippen molar-refractivity contribution in [3.8, 4) is 5.75 Å². The van der Waals surface area contributed by atoms with E-state index in [0.29, 0.717) is 0 Å². The molecule has 0 spiro atoms. The molecule has 0 bridgehead atoms. The highest BCUT2D eigenvalue weighted by atomic mass is 35.5. The van der Waals surface area contributed by atoms with Crippen LogP contribution in [0.1, 0.15) is 0 Å². The summed E-state index contributed by atoms with van der Waals surface area (Å²) in [6, 6.07) is 5.71. The standard InChI is InChI=1S/C9H8N2O.2ClH/c1-12-8-2-3-9-7(4-8)5-10-6-11-9;;/h2-6H,1H3;2*1H. The van der Waals surface area contributed by atoms with Gasteiger partial charge in [-0.05, 0) is 18.2 Å². The summed E-state index contributed by atoms with van der Waals surface area (Å²) < 4.78 is 5.07. The summed E-state index contributed by atoms with van der Waals surface area (Å²) in [5.74, 6) is 0.831. The minimum Gasteiger partial charge on any atom is -0.497 e. The van der Waals surface area contributed by atoms with E-state index in [9.17, 15) is 0 Å². The first kappa shape index (κ1) is 12.9. The fraction of sp³-hybridized carbons (Fsp3) is 0.111. The lowest BCUT2D eigenvalue weighted by molar-refractivity contribution is 0.415. The molecule has 5 heteroatoms. The number of benzene rings is 1. The number of fused-ring (bicyclic) bond motifs is 1. The first-order valence-corrected chi connectivity index (χ1v) is 3.64. The zero-order valence-electron chi connectivity index (χ0n) is 7.51. The Morgan fingerprint density at radius 2 is 2.00 bits per heavy atom. The molecule has 0 saturated heterocycles. The van der Waals surface area contributed by atoms with Gasteiger partial charge in [0.2, 0.25) is 0 Å². The van der Waals surface area contributed by atoms with Gasteiger partial charge in [0.25, 0.3) is 0 Å². The maximum Gasteiger partial charge on any atom is 0.119 e. The monoisotopic (exact) mass is 232 g/mol. The number of aromatic nitrogens is 2. The summed E-state index contributed by atoms with van der Waals surface area (Å²) in [5.41, 5.74) is 0.936. The van der Waals surface area contributed by atoms with Gasteiger partial charge in [0.15, 0.2) is 0 Å². The predicted molar refractivity (Wildman–Crippen MR) is 60.6 cm³/mol. The Balaban J connectivity index is 0.000000845. The summed E-state index contributed by atoms with van der Waals surface area (Å²) in [5, 5.41) is 0.997. The molecule has 2 rings (SSSR count). The number of rotatable bonds is 1. The third kappa shape index (κ3) is 2.47. The lowest BCUT2D eigenvalue weighted by atomic mass is 10.2. The summed E-state index contributed by atoms with van der Waals surface area (Å²) >= 11 is 0. The van der Waals surface area contributed by atoms with Crippen molar-refractivity contribution in [3.63, 3.8) is 0 Å². The number of nitrogens with zero attached hydrogens (tertiary/aromatic N) is 2. The lowest BCUT2D eigenvalue weighted by Crippen LogP contribution is -1.84. The molecule has 1 aromatic carbocycles. The molecule has 2 aromatic rings. The second-order valence-corrected chi connectivity index (χ2v) is 2.45. The second-order valence-electron chi connectivity index (χ2n) is 2.45. The Kier molecular flexibility index (Phi) is 5.20. The van der Waals surface area contributed by atoms with Gasteiger partial charge in [-0.2, -0.15) is 0 Å². The lowest BCUT2D eigenvalue weighted by Gasteiger charge is -1.99. The van der Waals surface area contributed by atoms with Crippen molar-refractivity contribution in [2.24, 2.45) is 0 Å². The largest absolute Gasteiger partial charge is 0.497 e. The average Bonchev–Trinajstić information content (AvgIpc) is 2.17. The minimum atomic E-state index is 0. The molecular formula is C9H10Cl2N2O. The van der Waals surface area contributed by atoms with Gasteiger partial charge in [-0.25, -0.2) is 9.97 Å². The maximum absolute atomic E-state index is 5.07. The third-order valence-corrected chi connectivity index (χ3v) is 1.71. The molecule has 1 heterocycles. The molecule has 0 radical (unpaired) electrons. The molecule has 0 aliphatic heterocycles. The Bertz CT molecular complexity index is 409. The van der Waals surface area contributed by atoms with Crippen molar-refractivity contribution >= 4 is 35.7 Å².